The van der Waals surface area contributed by atoms with Crippen LogP contribution in [0.5, 0.6) is 0 Å². The van der Waals surface area contributed by atoms with Crippen LogP contribution in [-0.4, -0.2) is 35.0 Å². The highest BCUT2D eigenvalue weighted by atomic mass is 32.2. The Morgan fingerprint density at radius 1 is 1.38 bits per heavy atom. The van der Waals surface area contributed by atoms with Crippen molar-refractivity contribution in [2.24, 2.45) is 5.73 Å². The molecule has 1 unspecified atom stereocenters. The summed E-state index contributed by atoms with van der Waals surface area (Å²) in [5.41, 5.74) is 7.81. The van der Waals surface area contributed by atoms with E-state index in [-0.39, 0.29) is 11.9 Å². The highest BCUT2D eigenvalue weighted by Gasteiger charge is 2.23. The maximum Gasteiger partial charge on any atom is 0.126 e. The van der Waals surface area contributed by atoms with Gasteiger partial charge >= 0.3 is 0 Å². The maximum absolute atomic E-state index is 13.6. The van der Waals surface area contributed by atoms with E-state index in [1.807, 2.05) is 12.1 Å². The lowest BCUT2D eigenvalue weighted by molar-refractivity contribution is 0.273. The van der Waals surface area contributed by atoms with Gasteiger partial charge in [0, 0.05) is 23.1 Å². The number of hydrogen-bond donors (Lipinski definition) is 1. The van der Waals surface area contributed by atoms with Crippen LogP contribution < -0.4 is 5.73 Å². The molecule has 1 saturated heterocycles. The van der Waals surface area contributed by atoms with Crippen LogP contribution in [0, 0.1) is 12.7 Å². The van der Waals surface area contributed by atoms with Gasteiger partial charge in [-0.2, -0.15) is 11.8 Å². The molecule has 0 amide bonds. The van der Waals surface area contributed by atoms with Gasteiger partial charge in [-0.05, 0) is 50.0 Å². The van der Waals surface area contributed by atoms with Crippen molar-refractivity contribution in [2.45, 2.75) is 44.4 Å². The molecule has 118 valence electrons. The maximum atomic E-state index is 13.6. The van der Waals surface area contributed by atoms with E-state index in [2.05, 4.69) is 30.5 Å². The van der Waals surface area contributed by atoms with Crippen LogP contribution in [0.4, 0.5) is 4.39 Å². The lowest BCUT2D eigenvalue weighted by Gasteiger charge is -2.23. The number of aryl methyl sites for hydroxylation is 1. The summed E-state index contributed by atoms with van der Waals surface area (Å²) in [4.78, 5) is 2.49. The molecule has 1 atom stereocenters. The summed E-state index contributed by atoms with van der Waals surface area (Å²) in [5, 5.41) is 0. The predicted octanol–water partition coefficient (Wildman–Crippen LogP) is 3.74. The monoisotopic (exact) mass is 310 g/mol. The summed E-state index contributed by atoms with van der Waals surface area (Å²) >= 11 is 2.06. The first-order valence-corrected chi connectivity index (χ1v) is 8.74. The van der Waals surface area contributed by atoms with Gasteiger partial charge in [0.15, 0.2) is 0 Å². The van der Waals surface area contributed by atoms with Crippen molar-refractivity contribution >= 4 is 11.8 Å². The van der Waals surface area contributed by atoms with Crippen LogP contribution in [0.25, 0.3) is 0 Å². The van der Waals surface area contributed by atoms with Gasteiger partial charge in [0.25, 0.3) is 0 Å². The van der Waals surface area contributed by atoms with Gasteiger partial charge < -0.3 is 10.6 Å². The van der Waals surface area contributed by atoms with Crippen molar-refractivity contribution in [2.75, 3.05) is 25.4 Å². The lowest BCUT2D eigenvalue weighted by Crippen LogP contribution is -2.30. The van der Waals surface area contributed by atoms with Crippen LogP contribution in [-0.2, 0) is 0 Å². The standard InChI is InChI=1S/C17H27FN2S/c1-13-4-5-14(12-15(13)18)16(19)6-8-20-9-7-17(2,3)21-11-10-20/h4-5,12,16H,6-11,19H2,1-3H3. The molecule has 1 aliphatic heterocycles. The molecule has 4 heteroatoms. The SMILES string of the molecule is Cc1ccc(C(N)CCN2CCSC(C)(C)CC2)cc1F. The Bertz CT molecular complexity index is 476. The first-order chi connectivity index (χ1) is 9.87. The Kier molecular flexibility index (Phi) is 5.69. The smallest absolute Gasteiger partial charge is 0.126 e. The average molecular weight is 310 g/mol. The largest absolute Gasteiger partial charge is 0.324 e. The van der Waals surface area contributed by atoms with Crippen molar-refractivity contribution in [3.8, 4) is 0 Å². The summed E-state index contributed by atoms with van der Waals surface area (Å²) in [5.74, 6) is 1.03. The highest BCUT2D eigenvalue weighted by molar-refractivity contribution is 8.00. The minimum Gasteiger partial charge on any atom is -0.324 e. The molecule has 1 fully saturated rings. The Balaban J connectivity index is 1.86. The fourth-order valence-corrected chi connectivity index (χ4v) is 3.75. The number of thioether (sulfide) groups is 1. The molecule has 2 rings (SSSR count). The molecule has 0 spiro atoms. The van der Waals surface area contributed by atoms with Gasteiger partial charge in [-0.15, -0.1) is 0 Å². The van der Waals surface area contributed by atoms with E-state index >= 15 is 0 Å². The lowest BCUT2D eigenvalue weighted by atomic mass is 10.0. The van der Waals surface area contributed by atoms with Crippen LogP contribution in [0.2, 0.25) is 0 Å². The number of halogens is 1. The third kappa shape index (κ3) is 4.97. The zero-order valence-corrected chi connectivity index (χ0v) is 14.2. The Labute approximate surface area is 132 Å². The molecule has 2 nitrogen and oxygen atoms in total. The normalized spacial score (nSPS) is 21.0. The van der Waals surface area contributed by atoms with E-state index in [9.17, 15) is 4.39 Å². The van der Waals surface area contributed by atoms with E-state index in [0.717, 1.165) is 31.6 Å². The third-order valence-electron chi connectivity index (χ3n) is 4.31. The molecule has 0 radical (unpaired) electrons. The second-order valence-corrected chi connectivity index (χ2v) is 8.41. The second kappa shape index (κ2) is 7.12. The number of nitrogens with two attached hydrogens (primary N) is 1. The van der Waals surface area contributed by atoms with Gasteiger partial charge in [-0.1, -0.05) is 26.0 Å². The minimum absolute atomic E-state index is 0.0796. The Morgan fingerprint density at radius 3 is 2.86 bits per heavy atom. The molecule has 1 heterocycles. The van der Waals surface area contributed by atoms with Gasteiger partial charge in [0.2, 0.25) is 0 Å². The molecule has 21 heavy (non-hydrogen) atoms. The molecule has 0 saturated carbocycles. The van der Waals surface area contributed by atoms with Crippen molar-refractivity contribution in [1.82, 2.24) is 4.90 Å². The summed E-state index contributed by atoms with van der Waals surface area (Å²) < 4.78 is 14.0. The molecule has 0 bridgehead atoms. The number of nitrogens with zero attached hydrogens (tertiary/aromatic N) is 1. The summed E-state index contributed by atoms with van der Waals surface area (Å²) in [6, 6.07) is 5.27. The van der Waals surface area contributed by atoms with Crippen LogP contribution in [0.3, 0.4) is 0 Å². The van der Waals surface area contributed by atoms with E-state index in [1.54, 1.807) is 13.0 Å². The number of rotatable bonds is 4. The summed E-state index contributed by atoms with van der Waals surface area (Å²) in [7, 11) is 0. The van der Waals surface area contributed by atoms with Crippen molar-refractivity contribution in [3.05, 3.63) is 35.1 Å². The predicted molar refractivity (Wildman–Crippen MR) is 90.3 cm³/mol. The molecule has 1 aromatic rings. The molecule has 0 aliphatic carbocycles. The minimum atomic E-state index is -0.157. The van der Waals surface area contributed by atoms with E-state index < -0.39 is 0 Å². The quantitative estimate of drug-likeness (QED) is 0.918. The Morgan fingerprint density at radius 2 is 2.14 bits per heavy atom. The molecule has 0 aromatic heterocycles. The van der Waals surface area contributed by atoms with Crippen LogP contribution in [0.15, 0.2) is 18.2 Å². The van der Waals surface area contributed by atoms with E-state index in [4.69, 9.17) is 5.73 Å². The summed E-state index contributed by atoms with van der Waals surface area (Å²) in [6.45, 7) is 9.68. The highest BCUT2D eigenvalue weighted by Crippen LogP contribution is 2.30. The zero-order chi connectivity index (χ0) is 15.5. The third-order valence-corrected chi connectivity index (χ3v) is 5.68. The van der Waals surface area contributed by atoms with Gasteiger partial charge in [0.05, 0.1) is 0 Å². The van der Waals surface area contributed by atoms with Crippen molar-refractivity contribution < 1.29 is 4.39 Å². The van der Waals surface area contributed by atoms with E-state index in [1.165, 1.54) is 12.2 Å². The first-order valence-electron chi connectivity index (χ1n) is 7.75. The zero-order valence-electron chi connectivity index (χ0n) is 13.4. The van der Waals surface area contributed by atoms with Gasteiger partial charge in [-0.25, -0.2) is 4.39 Å². The fraction of sp³-hybridized carbons (Fsp3) is 0.647. The molecule has 1 aromatic carbocycles. The van der Waals surface area contributed by atoms with Crippen LogP contribution in [0.1, 0.15) is 43.9 Å². The average Bonchev–Trinajstić information content (AvgIpc) is 2.60. The molecular formula is C17H27FN2S. The molecule has 1 aliphatic rings. The number of benzene rings is 1. The Hall–Kier alpha value is -0.580. The molecule has 2 N–H and O–H groups in total. The van der Waals surface area contributed by atoms with Crippen molar-refractivity contribution in [1.29, 1.82) is 0 Å². The molecular weight excluding hydrogens is 283 g/mol. The number of hydrogen-bond acceptors (Lipinski definition) is 3. The van der Waals surface area contributed by atoms with Gasteiger partial charge in [0.1, 0.15) is 5.82 Å². The topological polar surface area (TPSA) is 29.3 Å². The second-order valence-electron chi connectivity index (χ2n) is 6.60. The van der Waals surface area contributed by atoms with Gasteiger partial charge in [-0.3, -0.25) is 0 Å². The fourth-order valence-electron chi connectivity index (χ4n) is 2.61. The van der Waals surface area contributed by atoms with Crippen LogP contribution >= 0.6 is 11.8 Å². The first kappa shape index (κ1) is 16.8. The summed E-state index contributed by atoms with van der Waals surface area (Å²) in [6.07, 6.45) is 2.10. The van der Waals surface area contributed by atoms with Crippen molar-refractivity contribution in [3.63, 3.8) is 0 Å². The van der Waals surface area contributed by atoms with E-state index in [0.29, 0.717) is 10.3 Å².